The second-order valence-electron chi connectivity index (χ2n) is 9.74. The number of unbranched alkanes of at least 4 members (excludes halogenated alkanes) is 1. The van der Waals surface area contributed by atoms with Crippen LogP contribution in [0.2, 0.25) is 0 Å². The summed E-state index contributed by atoms with van der Waals surface area (Å²) in [5, 5.41) is 9.91. The molecule has 2 heterocycles. The number of nitrogens with zero attached hydrogens (tertiary/aromatic N) is 3. The number of anilines is 1. The summed E-state index contributed by atoms with van der Waals surface area (Å²) in [6, 6.07) is 17.5. The minimum atomic E-state index is 0.423. The van der Waals surface area contributed by atoms with Crippen LogP contribution in [0.3, 0.4) is 0 Å². The van der Waals surface area contributed by atoms with Crippen LogP contribution in [0.15, 0.2) is 48.5 Å². The zero-order chi connectivity index (χ0) is 21.0. The fraction of sp³-hybridized carbons (Fsp3) is 0.556. The zero-order valence-electron chi connectivity index (χ0n) is 18.8. The minimum absolute atomic E-state index is 0.423. The maximum atomic E-state index is 9.91. The van der Waals surface area contributed by atoms with Crippen molar-refractivity contribution in [1.82, 2.24) is 9.80 Å². The van der Waals surface area contributed by atoms with Crippen molar-refractivity contribution in [3.8, 4) is 5.75 Å². The van der Waals surface area contributed by atoms with Crippen molar-refractivity contribution in [2.75, 3.05) is 50.7 Å². The summed E-state index contributed by atoms with van der Waals surface area (Å²) in [6.45, 7) is 8.39. The van der Waals surface area contributed by atoms with E-state index in [2.05, 4.69) is 51.1 Å². The lowest BCUT2D eigenvalue weighted by atomic mass is 9.75. The molecule has 2 atom stereocenters. The highest BCUT2D eigenvalue weighted by Crippen LogP contribution is 2.36. The molecule has 2 aliphatic heterocycles. The molecule has 166 valence electrons. The van der Waals surface area contributed by atoms with Gasteiger partial charge < -0.3 is 10.0 Å². The van der Waals surface area contributed by atoms with Gasteiger partial charge in [0, 0.05) is 37.9 Å². The Morgan fingerprint density at radius 1 is 0.806 bits per heavy atom. The van der Waals surface area contributed by atoms with Gasteiger partial charge >= 0.3 is 0 Å². The van der Waals surface area contributed by atoms with Gasteiger partial charge in [-0.15, -0.1) is 0 Å². The summed E-state index contributed by atoms with van der Waals surface area (Å²) in [4.78, 5) is 7.94. The summed E-state index contributed by atoms with van der Waals surface area (Å²) in [7, 11) is 0. The van der Waals surface area contributed by atoms with Gasteiger partial charge in [0.25, 0.3) is 0 Å². The molecule has 1 aliphatic carbocycles. The number of hydrogen-bond donors (Lipinski definition) is 1. The highest BCUT2D eigenvalue weighted by Gasteiger charge is 2.35. The highest BCUT2D eigenvalue weighted by molar-refractivity contribution is 5.46. The van der Waals surface area contributed by atoms with Crippen LogP contribution >= 0.6 is 0 Å². The fourth-order valence-corrected chi connectivity index (χ4v) is 6.05. The molecule has 3 aliphatic rings. The number of rotatable bonds is 6. The Kier molecular flexibility index (Phi) is 6.47. The Bertz CT molecular complexity index is 847. The summed E-state index contributed by atoms with van der Waals surface area (Å²) >= 11 is 0. The summed E-state index contributed by atoms with van der Waals surface area (Å²) in [5.74, 6) is 1.23. The molecule has 5 rings (SSSR count). The van der Waals surface area contributed by atoms with Crippen LogP contribution in [0.5, 0.6) is 5.75 Å². The van der Waals surface area contributed by atoms with Crippen LogP contribution in [-0.2, 0) is 12.8 Å². The summed E-state index contributed by atoms with van der Waals surface area (Å²) in [6.07, 6.45) is 7.63. The number of phenolic OH excluding ortho intramolecular Hbond substituents is 1. The number of phenols is 1. The van der Waals surface area contributed by atoms with E-state index in [9.17, 15) is 5.11 Å². The SMILES string of the molecule is Oc1ccc2c(c1)C[C@H]1[C@@H](CCCN1CCCCN1CCN(c3ccccc3)CC1)C2. The molecule has 0 saturated carbocycles. The van der Waals surface area contributed by atoms with Gasteiger partial charge in [-0.3, -0.25) is 9.80 Å². The molecule has 0 bridgehead atoms. The van der Waals surface area contributed by atoms with Crippen molar-refractivity contribution in [3.63, 3.8) is 0 Å². The third kappa shape index (κ3) is 4.91. The van der Waals surface area contributed by atoms with Crippen molar-refractivity contribution >= 4 is 5.69 Å². The Morgan fingerprint density at radius 3 is 2.45 bits per heavy atom. The van der Waals surface area contributed by atoms with Crippen LogP contribution in [0.25, 0.3) is 0 Å². The van der Waals surface area contributed by atoms with E-state index >= 15 is 0 Å². The molecule has 4 nitrogen and oxygen atoms in total. The average molecular weight is 420 g/mol. The number of likely N-dealkylation sites (tertiary alicyclic amines) is 1. The molecule has 0 spiro atoms. The van der Waals surface area contributed by atoms with E-state index in [1.54, 1.807) is 0 Å². The first-order chi connectivity index (χ1) is 15.3. The monoisotopic (exact) mass is 419 g/mol. The molecule has 0 amide bonds. The van der Waals surface area contributed by atoms with Crippen molar-refractivity contribution in [1.29, 1.82) is 0 Å². The van der Waals surface area contributed by atoms with Gasteiger partial charge in [-0.2, -0.15) is 0 Å². The molecular weight excluding hydrogens is 382 g/mol. The Morgan fingerprint density at radius 2 is 1.61 bits per heavy atom. The zero-order valence-corrected chi connectivity index (χ0v) is 18.8. The number of para-hydroxylation sites is 1. The maximum absolute atomic E-state index is 9.91. The van der Waals surface area contributed by atoms with Gasteiger partial charge in [-0.25, -0.2) is 0 Å². The predicted octanol–water partition coefficient (Wildman–Crippen LogP) is 4.17. The van der Waals surface area contributed by atoms with E-state index in [4.69, 9.17) is 0 Å². The fourth-order valence-electron chi connectivity index (χ4n) is 6.05. The lowest BCUT2D eigenvalue weighted by Gasteiger charge is -2.45. The van der Waals surface area contributed by atoms with Gasteiger partial charge in [-0.1, -0.05) is 24.3 Å². The van der Waals surface area contributed by atoms with Gasteiger partial charge in [0.15, 0.2) is 0 Å². The highest BCUT2D eigenvalue weighted by atomic mass is 16.3. The lowest BCUT2D eigenvalue weighted by Crippen LogP contribution is -2.49. The number of benzene rings is 2. The van der Waals surface area contributed by atoms with Gasteiger partial charge in [0.05, 0.1) is 0 Å². The minimum Gasteiger partial charge on any atom is -0.508 e. The number of piperazine rings is 1. The molecule has 0 unspecified atom stereocenters. The van der Waals surface area contributed by atoms with Crippen LogP contribution in [-0.4, -0.2) is 66.8 Å². The third-order valence-corrected chi connectivity index (χ3v) is 7.80. The first kappa shape index (κ1) is 20.8. The van der Waals surface area contributed by atoms with Crippen LogP contribution in [0.1, 0.15) is 36.8 Å². The Hall–Kier alpha value is -2.04. The standard InChI is InChI=1S/C27H37N3O/c31-26-11-10-22-19-23-7-6-14-30(27(23)21-24(22)20-26)13-5-4-12-28-15-17-29(18-16-28)25-8-2-1-3-9-25/h1-3,8-11,20,23,27,31H,4-7,12-19,21H2/t23-,27-/m0/s1. The summed E-state index contributed by atoms with van der Waals surface area (Å²) < 4.78 is 0. The average Bonchev–Trinajstić information content (AvgIpc) is 2.81. The number of piperidine rings is 1. The van der Waals surface area contributed by atoms with Crippen molar-refractivity contribution < 1.29 is 5.11 Å². The van der Waals surface area contributed by atoms with Crippen molar-refractivity contribution in [2.24, 2.45) is 5.92 Å². The molecular formula is C27H37N3O. The van der Waals surface area contributed by atoms with E-state index in [-0.39, 0.29) is 0 Å². The number of fused-ring (bicyclic) bond motifs is 2. The molecule has 2 aromatic carbocycles. The predicted molar refractivity (Wildman–Crippen MR) is 128 cm³/mol. The molecule has 1 N–H and O–H groups in total. The second kappa shape index (κ2) is 9.62. The van der Waals surface area contributed by atoms with E-state index in [0.29, 0.717) is 11.8 Å². The second-order valence-corrected chi connectivity index (χ2v) is 9.74. The van der Waals surface area contributed by atoms with E-state index in [1.807, 2.05) is 12.1 Å². The lowest BCUT2D eigenvalue weighted by molar-refractivity contribution is 0.0825. The normalized spacial score (nSPS) is 24.6. The van der Waals surface area contributed by atoms with Crippen molar-refractivity contribution in [2.45, 2.75) is 44.6 Å². The molecule has 2 saturated heterocycles. The maximum Gasteiger partial charge on any atom is 0.115 e. The topological polar surface area (TPSA) is 30.0 Å². The first-order valence-electron chi connectivity index (χ1n) is 12.3. The third-order valence-electron chi connectivity index (χ3n) is 7.80. The summed E-state index contributed by atoms with van der Waals surface area (Å²) in [5.41, 5.74) is 4.21. The van der Waals surface area contributed by atoms with Gasteiger partial charge in [-0.05, 0) is 99.5 Å². The molecule has 2 aromatic rings. The largest absolute Gasteiger partial charge is 0.508 e. The number of aromatic hydroxyl groups is 1. The molecule has 0 aromatic heterocycles. The Balaban J connectivity index is 1.06. The van der Waals surface area contributed by atoms with Gasteiger partial charge in [0.2, 0.25) is 0 Å². The quantitative estimate of drug-likeness (QED) is 0.712. The van der Waals surface area contributed by atoms with Crippen LogP contribution in [0.4, 0.5) is 5.69 Å². The Labute approximate surface area is 187 Å². The van der Waals surface area contributed by atoms with Gasteiger partial charge in [0.1, 0.15) is 5.75 Å². The molecule has 4 heteroatoms. The van der Waals surface area contributed by atoms with E-state index in [1.165, 1.54) is 81.6 Å². The van der Waals surface area contributed by atoms with Crippen LogP contribution in [0, 0.1) is 5.92 Å². The molecule has 0 radical (unpaired) electrons. The molecule has 31 heavy (non-hydrogen) atoms. The first-order valence-corrected chi connectivity index (χ1v) is 12.3. The van der Waals surface area contributed by atoms with E-state index in [0.717, 1.165) is 25.4 Å². The smallest absolute Gasteiger partial charge is 0.115 e. The number of hydrogen-bond acceptors (Lipinski definition) is 4. The molecule has 2 fully saturated rings. The van der Waals surface area contributed by atoms with Crippen molar-refractivity contribution in [3.05, 3.63) is 59.7 Å². The van der Waals surface area contributed by atoms with E-state index < -0.39 is 0 Å². The van der Waals surface area contributed by atoms with Crippen LogP contribution < -0.4 is 4.90 Å².